The Morgan fingerprint density at radius 3 is 2.63 bits per heavy atom. The molecule has 0 fully saturated rings. The molecule has 3 heteroatoms. The number of aromatic nitrogens is 2. The van der Waals surface area contributed by atoms with E-state index in [4.69, 9.17) is 0 Å². The second-order valence-corrected chi connectivity index (χ2v) is 5.48. The van der Waals surface area contributed by atoms with Crippen LogP contribution in [-0.2, 0) is 6.54 Å². The van der Waals surface area contributed by atoms with Gasteiger partial charge in [0.1, 0.15) is 0 Å². The van der Waals surface area contributed by atoms with Crippen LogP contribution >= 0.6 is 0 Å². The molecule has 102 valence electrons. The van der Waals surface area contributed by atoms with Crippen molar-refractivity contribution in [3.63, 3.8) is 0 Å². The molecule has 2 rings (SSSR count). The lowest BCUT2D eigenvalue weighted by Gasteiger charge is -2.09. The summed E-state index contributed by atoms with van der Waals surface area (Å²) in [5.41, 5.74) is 4.89. The monoisotopic (exact) mass is 257 g/mol. The zero-order valence-electron chi connectivity index (χ0n) is 12.3. The van der Waals surface area contributed by atoms with Crippen molar-refractivity contribution in [1.29, 1.82) is 0 Å². The third-order valence-corrected chi connectivity index (χ3v) is 3.32. The van der Waals surface area contributed by atoms with Crippen LogP contribution in [0.15, 0.2) is 30.5 Å². The van der Waals surface area contributed by atoms with Crippen LogP contribution in [0.1, 0.15) is 30.7 Å². The van der Waals surface area contributed by atoms with Gasteiger partial charge in [0.2, 0.25) is 0 Å². The van der Waals surface area contributed by atoms with Crippen molar-refractivity contribution in [3.8, 4) is 5.69 Å². The average molecular weight is 257 g/mol. The van der Waals surface area contributed by atoms with Gasteiger partial charge in [0.25, 0.3) is 0 Å². The molecule has 1 N–H and O–H groups in total. The third kappa shape index (κ3) is 3.24. The van der Waals surface area contributed by atoms with Gasteiger partial charge in [-0.3, -0.25) is 0 Å². The molecule has 2 aromatic rings. The van der Waals surface area contributed by atoms with Crippen molar-refractivity contribution in [2.75, 3.05) is 6.54 Å². The van der Waals surface area contributed by atoms with E-state index in [0.717, 1.165) is 18.8 Å². The van der Waals surface area contributed by atoms with Crippen molar-refractivity contribution in [3.05, 3.63) is 47.3 Å². The van der Waals surface area contributed by atoms with E-state index in [1.807, 2.05) is 10.9 Å². The molecular formula is C16H23N3. The number of benzene rings is 1. The van der Waals surface area contributed by atoms with Gasteiger partial charge >= 0.3 is 0 Å². The van der Waals surface area contributed by atoms with Crippen LogP contribution in [0.2, 0.25) is 0 Å². The molecule has 3 nitrogen and oxygen atoms in total. The minimum Gasteiger partial charge on any atom is -0.312 e. The quantitative estimate of drug-likeness (QED) is 0.891. The smallest absolute Gasteiger partial charge is 0.0677 e. The van der Waals surface area contributed by atoms with E-state index < -0.39 is 0 Å². The molecule has 0 atom stereocenters. The molecule has 0 aliphatic carbocycles. The van der Waals surface area contributed by atoms with Crippen LogP contribution in [0.4, 0.5) is 0 Å². The van der Waals surface area contributed by atoms with E-state index in [9.17, 15) is 0 Å². The minimum absolute atomic E-state index is 0.673. The Bertz CT molecular complexity index is 541. The first kappa shape index (κ1) is 13.8. The fourth-order valence-electron chi connectivity index (χ4n) is 2.16. The van der Waals surface area contributed by atoms with Crippen LogP contribution in [0.25, 0.3) is 5.69 Å². The topological polar surface area (TPSA) is 29.9 Å². The second kappa shape index (κ2) is 6.02. The molecule has 19 heavy (non-hydrogen) atoms. The standard InChI is InChI=1S/C16H23N3/c1-12(2)9-17-10-15-11-18-19(14(15)4)16-8-6-5-7-13(16)3/h5-8,11-12,17H,9-10H2,1-4H3. The summed E-state index contributed by atoms with van der Waals surface area (Å²) in [7, 11) is 0. The maximum absolute atomic E-state index is 4.52. The van der Waals surface area contributed by atoms with Crippen molar-refractivity contribution in [2.45, 2.75) is 34.2 Å². The Labute approximate surface area is 115 Å². The molecule has 0 radical (unpaired) electrons. The first-order chi connectivity index (χ1) is 9.09. The van der Waals surface area contributed by atoms with Crippen LogP contribution in [-0.4, -0.2) is 16.3 Å². The summed E-state index contributed by atoms with van der Waals surface area (Å²) in [6, 6.07) is 8.34. The normalized spacial score (nSPS) is 11.2. The Balaban J connectivity index is 2.17. The number of nitrogens with zero attached hydrogens (tertiary/aromatic N) is 2. The van der Waals surface area contributed by atoms with E-state index in [-0.39, 0.29) is 0 Å². The second-order valence-electron chi connectivity index (χ2n) is 5.48. The van der Waals surface area contributed by atoms with Gasteiger partial charge in [-0.1, -0.05) is 32.0 Å². The summed E-state index contributed by atoms with van der Waals surface area (Å²) in [4.78, 5) is 0. The Morgan fingerprint density at radius 1 is 1.21 bits per heavy atom. The van der Waals surface area contributed by atoms with Gasteiger partial charge in [0, 0.05) is 17.8 Å². The van der Waals surface area contributed by atoms with Crippen LogP contribution < -0.4 is 5.32 Å². The first-order valence-electron chi connectivity index (χ1n) is 6.90. The number of hydrogen-bond acceptors (Lipinski definition) is 2. The Hall–Kier alpha value is -1.61. The summed E-state index contributed by atoms with van der Waals surface area (Å²) in [5.74, 6) is 0.673. The molecule has 0 saturated heterocycles. The molecule has 0 spiro atoms. The highest BCUT2D eigenvalue weighted by Crippen LogP contribution is 2.17. The lowest BCUT2D eigenvalue weighted by Crippen LogP contribution is -2.19. The number of para-hydroxylation sites is 1. The number of nitrogens with one attached hydrogen (secondary N) is 1. The molecule has 0 unspecified atom stereocenters. The Kier molecular flexibility index (Phi) is 4.38. The van der Waals surface area contributed by atoms with E-state index in [2.05, 4.69) is 62.4 Å². The van der Waals surface area contributed by atoms with Gasteiger partial charge in [-0.25, -0.2) is 4.68 Å². The van der Waals surface area contributed by atoms with Gasteiger partial charge in [-0.2, -0.15) is 5.10 Å². The predicted molar refractivity (Wildman–Crippen MR) is 79.6 cm³/mol. The largest absolute Gasteiger partial charge is 0.312 e. The SMILES string of the molecule is Cc1ccccc1-n1ncc(CNCC(C)C)c1C. The first-order valence-corrected chi connectivity index (χ1v) is 6.90. The maximum atomic E-state index is 4.52. The minimum atomic E-state index is 0.673. The summed E-state index contributed by atoms with van der Waals surface area (Å²) < 4.78 is 2.03. The highest BCUT2D eigenvalue weighted by molar-refractivity contribution is 5.41. The van der Waals surface area contributed by atoms with Crippen molar-refractivity contribution in [2.24, 2.45) is 5.92 Å². The fraction of sp³-hybridized carbons (Fsp3) is 0.438. The molecule has 0 saturated carbocycles. The molecule has 1 aromatic carbocycles. The number of hydrogen-bond donors (Lipinski definition) is 1. The summed E-state index contributed by atoms with van der Waals surface area (Å²) in [6.07, 6.45) is 1.97. The molecule has 1 aromatic heterocycles. The zero-order chi connectivity index (χ0) is 13.8. The van der Waals surface area contributed by atoms with Crippen LogP contribution in [0.5, 0.6) is 0 Å². The highest BCUT2D eigenvalue weighted by atomic mass is 15.3. The van der Waals surface area contributed by atoms with Crippen molar-refractivity contribution in [1.82, 2.24) is 15.1 Å². The molecule has 0 bridgehead atoms. The zero-order valence-corrected chi connectivity index (χ0v) is 12.3. The van der Waals surface area contributed by atoms with Gasteiger partial charge in [-0.05, 0) is 37.9 Å². The van der Waals surface area contributed by atoms with Crippen molar-refractivity contribution >= 4 is 0 Å². The lowest BCUT2D eigenvalue weighted by atomic mass is 10.2. The Morgan fingerprint density at radius 2 is 1.95 bits per heavy atom. The average Bonchev–Trinajstić information content (AvgIpc) is 2.72. The van der Waals surface area contributed by atoms with Gasteiger partial charge in [0.15, 0.2) is 0 Å². The van der Waals surface area contributed by atoms with Crippen molar-refractivity contribution < 1.29 is 0 Å². The number of aryl methyl sites for hydroxylation is 1. The van der Waals surface area contributed by atoms with E-state index in [1.165, 1.54) is 16.8 Å². The fourth-order valence-corrected chi connectivity index (χ4v) is 2.16. The number of rotatable bonds is 5. The van der Waals surface area contributed by atoms with Gasteiger partial charge < -0.3 is 5.32 Å². The predicted octanol–water partition coefficient (Wildman–Crippen LogP) is 3.23. The van der Waals surface area contributed by atoms with Gasteiger partial charge in [0.05, 0.1) is 11.9 Å². The van der Waals surface area contributed by atoms with E-state index >= 15 is 0 Å². The summed E-state index contributed by atoms with van der Waals surface area (Å²) in [6.45, 7) is 10.6. The van der Waals surface area contributed by atoms with Crippen LogP contribution in [0.3, 0.4) is 0 Å². The molecule has 0 amide bonds. The highest BCUT2D eigenvalue weighted by Gasteiger charge is 2.09. The van der Waals surface area contributed by atoms with E-state index in [0.29, 0.717) is 5.92 Å². The molecule has 0 aliphatic rings. The third-order valence-electron chi connectivity index (χ3n) is 3.32. The molecule has 0 aliphatic heterocycles. The summed E-state index contributed by atoms with van der Waals surface area (Å²) >= 11 is 0. The molecule has 1 heterocycles. The summed E-state index contributed by atoms with van der Waals surface area (Å²) in [5, 5.41) is 7.99. The van der Waals surface area contributed by atoms with E-state index in [1.54, 1.807) is 0 Å². The lowest BCUT2D eigenvalue weighted by molar-refractivity contribution is 0.551. The van der Waals surface area contributed by atoms with Gasteiger partial charge in [-0.15, -0.1) is 0 Å². The van der Waals surface area contributed by atoms with Crippen LogP contribution in [0, 0.1) is 19.8 Å². The molecular weight excluding hydrogens is 234 g/mol. The maximum Gasteiger partial charge on any atom is 0.0677 e.